The van der Waals surface area contributed by atoms with Gasteiger partial charge in [0.2, 0.25) is 0 Å². The minimum absolute atomic E-state index is 0.178. The Kier molecular flexibility index (Phi) is 4.57. The number of amides is 1. The maximum atomic E-state index is 12.3. The molecule has 3 aromatic rings. The molecule has 0 unspecified atom stereocenters. The Labute approximate surface area is 143 Å². The molecule has 0 aliphatic rings. The molecular formula is C18H16BrN3O. The van der Waals surface area contributed by atoms with Gasteiger partial charge in [-0.15, -0.1) is 0 Å². The number of benzene rings is 2. The van der Waals surface area contributed by atoms with Crippen LogP contribution in [0.25, 0.3) is 5.69 Å². The monoisotopic (exact) mass is 369 g/mol. The number of rotatable bonds is 4. The van der Waals surface area contributed by atoms with Crippen molar-refractivity contribution >= 4 is 21.8 Å². The van der Waals surface area contributed by atoms with Gasteiger partial charge < -0.3 is 5.32 Å². The molecule has 3 rings (SSSR count). The SMILES string of the molecule is Cc1cc(C(=O)NCc2cccc(Br)c2)nn1-c1ccccc1. The molecule has 0 aliphatic carbocycles. The van der Waals surface area contributed by atoms with Crippen molar-refractivity contribution in [3.8, 4) is 5.69 Å². The highest BCUT2D eigenvalue weighted by Crippen LogP contribution is 2.13. The lowest BCUT2D eigenvalue weighted by molar-refractivity contribution is 0.0945. The predicted molar refractivity (Wildman–Crippen MR) is 93.6 cm³/mol. The van der Waals surface area contributed by atoms with E-state index in [-0.39, 0.29) is 5.91 Å². The Balaban J connectivity index is 1.73. The summed E-state index contributed by atoms with van der Waals surface area (Å²) in [6, 6.07) is 19.4. The van der Waals surface area contributed by atoms with Crippen LogP contribution in [0.1, 0.15) is 21.7 Å². The number of carbonyl (C=O) groups is 1. The molecule has 1 N–H and O–H groups in total. The Morgan fingerprint density at radius 1 is 1.13 bits per heavy atom. The van der Waals surface area contributed by atoms with Crippen molar-refractivity contribution in [3.63, 3.8) is 0 Å². The maximum Gasteiger partial charge on any atom is 0.272 e. The average molecular weight is 370 g/mol. The van der Waals surface area contributed by atoms with Gasteiger partial charge in [-0.3, -0.25) is 4.79 Å². The van der Waals surface area contributed by atoms with Crippen molar-refractivity contribution in [1.29, 1.82) is 0 Å². The molecule has 1 amide bonds. The molecule has 0 aliphatic heterocycles. The molecule has 0 radical (unpaired) electrons. The van der Waals surface area contributed by atoms with Crippen LogP contribution in [0.3, 0.4) is 0 Å². The van der Waals surface area contributed by atoms with Crippen LogP contribution >= 0.6 is 15.9 Å². The molecule has 0 bridgehead atoms. The Bertz CT molecular complexity index is 827. The van der Waals surface area contributed by atoms with Gasteiger partial charge in [-0.1, -0.05) is 46.3 Å². The normalized spacial score (nSPS) is 10.5. The molecule has 23 heavy (non-hydrogen) atoms. The molecule has 0 atom stereocenters. The number of nitrogens with one attached hydrogen (secondary N) is 1. The summed E-state index contributed by atoms with van der Waals surface area (Å²) in [7, 11) is 0. The van der Waals surface area contributed by atoms with Crippen molar-refractivity contribution < 1.29 is 4.79 Å². The van der Waals surface area contributed by atoms with E-state index in [9.17, 15) is 4.79 Å². The third-order valence-corrected chi connectivity index (χ3v) is 3.96. The molecule has 1 heterocycles. The van der Waals surface area contributed by atoms with Gasteiger partial charge >= 0.3 is 0 Å². The van der Waals surface area contributed by atoms with Crippen LogP contribution in [0.2, 0.25) is 0 Å². The third-order valence-electron chi connectivity index (χ3n) is 3.46. The number of para-hydroxylation sites is 1. The van der Waals surface area contributed by atoms with Crippen molar-refractivity contribution in [2.24, 2.45) is 0 Å². The van der Waals surface area contributed by atoms with E-state index < -0.39 is 0 Å². The molecule has 0 saturated carbocycles. The number of aromatic nitrogens is 2. The lowest BCUT2D eigenvalue weighted by Gasteiger charge is -2.04. The van der Waals surface area contributed by atoms with Gasteiger partial charge in [0.25, 0.3) is 5.91 Å². The predicted octanol–water partition coefficient (Wildman–Crippen LogP) is 3.87. The van der Waals surface area contributed by atoms with E-state index in [0.717, 1.165) is 21.4 Å². The second kappa shape index (κ2) is 6.79. The Hall–Kier alpha value is -2.40. The molecule has 0 spiro atoms. The number of halogens is 1. The topological polar surface area (TPSA) is 46.9 Å². The Morgan fingerprint density at radius 3 is 2.65 bits per heavy atom. The lowest BCUT2D eigenvalue weighted by Crippen LogP contribution is -2.23. The van der Waals surface area contributed by atoms with Crippen LogP contribution < -0.4 is 5.32 Å². The van der Waals surface area contributed by atoms with Crippen LogP contribution in [-0.4, -0.2) is 15.7 Å². The van der Waals surface area contributed by atoms with Crippen LogP contribution in [0.5, 0.6) is 0 Å². The number of hydrogen-bond donors (Lipinski definition) is 1. The second-order valence-corrected chi connectivity index (χ2v) is 6.15. The molecule has 5 heteroatoms. The number of nitrogens with zero attached hydrogens (tertiary/aromatic N) is 2. The summed E-state index contributed by atoms with van der Waals surface area (Å²) in [6.07, 6.45) is 0. The fraction of sp³-hybridized carbons (Fsp3) is 0.111. The first-order chi connectivity index (χ1) is 11.1. The zero-order chi connectivity index (χ0) is 16.2. The number of carbonyl (C=O) groups excluding carboxylic acids is 1. The molecule has 0 fully saturated rings. The van der Waals surface area contributed by atoms with Crippen LogP contribution in [0.15, 0.2) is 65.1 Å². The molecular weight excluding hydrogens is 354 g/mol. The highest BCUT2D eigenvalue weighted by atomic mass is 79.9. The smallest absolute Gasteiger partial charge is 0.272 e. The molecule has 4 nitrogen and oxygen atoms in total. The molecule has 1 aromatic heterocycles. The van der Waals surface area contributed by atoms with Crippen LogP contribution in [0, 0.1) is 6.92 Å². The first kappa shape index (κ1) is 15.5. The van der Waals surface area contributed by atoms with Crippen molar-refractivity contribution in [2.75, 3.05) is 0 Å². The first-order valence-corrected chi connectivity index (χ1v) is 8.07. The fourth-order valence-corrected chi connectivity index (χ4v) is 2.78. The van der Waals surface area contributed by atoms with E-state index in [1.807, 2.05) is 61.5 Å². The van der Waals surface area contributed by atoms with Crippen molar-refractivity contribution in [3.05, 3.63) is 82.1 Å². The van der Waals surface area contributed by atoms with Gasteiger partial charge in [0, 0.05) is 16.7 Å². The summed E-state index contributed by atoms with van der Waals surface area (Å²) in [5.41, 5.74) is 3.31. The van der Waals surface area contributed by atoms with E-state index in [0.29, 0.717) is 12.2 Å². The number of hydrogen-bond acceptors (Lipinski definition) is 2. The Morgan fingerprint density at radius 2 is 1.91 bits per heavy atom. The number of aryl methyl sites for hydroxylation is 1. The van der Waals surface area contributed by atoms with Gasteiger partial charge in [0.05, 0.1) is 5.69 Å². The van der Waals surface area contributed by atoms with E-state index in [2.05, 4.69) is 26.3 Å². The van der Waals surface area contributed by atoms with Gasteiger partial charge in [-0.25, -0.2) is 4.68 Å². The summed E-state index contributed by atoms with van der Waals surface area (Å²) in [4.78, 5) is 12.3. The van der Waals surface area contributed by atoms with E-state index in [4.69, 9.17) is 0 Å². The minimum atomic E-state index is -0.178. The molecule has 0 saturated heterocycles. The zero-order valence-corrected chi connectivity index (χ0v) is 14.2. The third kappa shape index (κ3) is 3.68. The standard InChI is InChI=1S/C18H16BrN3O/c1-13-10-17(21-22(13)16-8-3-2-4-9-16)18(23)20-12-14-6-5-7-15(19)11-14/h2-11H,12H2,1H3,(H,20,23). The molecule has 116 valence electrons. The average Bonchev–Trinajstić information content (AvgIpc) is 2.95. The highest BCUT2D eigenvalue weighted by Gasteiger charge is 2.13. The fourth-order valence-electron chi connectivity index (χ4n) is 2.34. The highest BCUT2D eigenvalue weighted by molar-refractivity contribution is 9.10. The largest absolute Gasteiger partial charge is 0.347 e. The van der Waals surface area contributed by atoms with E-state index in [1.54, 1.807) is 10.7 Å². The molecule has 2 aromatic carbocycles. The van der Waals surface area contributed by atoms with Gasteiger partial charge in [0.1, 0.15) is 0 Å². The zero-order valence-electron chi connectivity index (χ0n) is 12.7. The summed E-state index contributed by atoms with van der Waals surface area (Å²) in [5, 5.41) is 7.30. The van der Waals surface area contributed by atoms with Gasteiger partial charge in [0.15, 0.2) is 5.69 Å². The minimum Gasteiger partial charge on any atom is -0.347 e. The maximum absolute atomic E-state index is 12.3. The summed E-state index contributed by atoms with van der Waals surface area (Å²) in [6.45, 7) is 2.40. The quantitative estimate of drug-likeness (QED) is 0.758. The second-order valence-electron chi connectivity index (χ2n) is 5.23. The summed E-state index contributed by atoms with van der Waals surface area (Å²) >= 11 is 3.42. The van der Waals surface area contributed by atoms with Crippen LogP contribution in [0.4, 0.5) is 0 Å². The van der Waals surface area contributed by atoms with E-state index >= 15 is 0 Å². The summed E-state index contributed by atoms with van der Waals surface area (Å²) in [5.74, 6) is -0.178. The first-order valence-electron chi connectivity index (χ1n) is 7.28. The lowest BCUT2D eigenvalue weighted by atomic mass is 10.2. The van der Waals surface area contributed by atoms with Gasteiger partial charge in [-0.05, 0) is 42.8 Å². The van der Waals surface area contributed by atoms with Crippen LogP contribution in [-0.2, 0) is 6.54 Å². The van der Waals surface area contributed by atoms with E-state index in [1.165, 1.54) is 0 Å². The summed E-state index contributed by atoms with van der Waals surface area (Å²) < 4.78 is 2.77. The van der Waals surface area contributed by atoms with Crippen molar-refractivity contribution in [2.45, 2.75) is 13.5 Å². The van der Waals surface area contributed by atoms with Gasteiger partial charge in [-0.2, -0.15) is 5.10 Å². The van der Waals surface area contributed by atoms with Crippen molar-refractivity contribution in [1.82, 2.24) is 15.1 Å².